The van der Waals surface area contributed by atoms with Gasteiger partial charge in [-0.2, -0.15) is 0 Å². The number of aromatic nitrogens is 2. The highest BCUT2D eigenvalue weighted by atomic mass is 19.2. The first-order chi connectivity index (χ1) is 22.3. The Morgan fingerprint density at radius 3 is 2.23 bits per heavy atom. The molecule has 1 aliphatic rings. The summed E-state index contributed by atoms with van der Waals surface area (Å²) in [6.45, 7) is 9.68. The number of carbonyl (C=O) groups excluding carboxylic acids is 3. The number of ether oxygens (including phenoxy) is 2. The largest absolute Gasteiger partial charge is 0.461 e. The lowest BCUT2D eigenvalue weighted by molar-refractivity contribution is -0.145. The maximum absolute atomic E-state index is 14.5. The number of benzene rings is 3. The molecule has 5 rings (SSSR count). The van der Waals surface area contributed by atoms with Crippen LogP contribution in [0.4, 0.5) is 19.5 Å². The molecule has 1 aromatic heterocycles. The van der Waals surface area contributed by atoms with Crippen LogP contribution in [0.1, 0.15) is 68.2 Å². The van der Waals surface area contributed by atoms with Gasteiger partial charge in [0, 0.05) is 37.6 Å². The molecule has 0 radical (unpaired) electrons. The van der Waals surface area contributed by atoms with Crippen LogP contribution in [0, 0.1) is 11.6 Å². The van der Waals surface area contributed by atoms with Crippen molar-refractivity contribution >= 4 is 34.8 Å². The second kappa shape index (κ2) is 14.5. The number of hydrogen-bond acceptors (Lipinski definition) is 8. The van der Waals surface area contributed by atoms with Gasteiger partial charge in [0.05, 0.1) is 11.9 Å². The Labute approximate surface area is 272 Å². The van der Waals surface area contributed by atoms with Gasteiger partial charge < -0.3 is 25.0 Å². The highest BCUT2D eigenvalue weighted by Crippen LogP contribution is 2.32. The molecule has 47 heavy (non-hydrogen) atoms. The number of rotatable bonds is 7. The molecule has 0 aliphatic carbocycles. The van der Waals surface area contributed by atoms with Gasteiger partial charge in [0.15, 0.2) is 11.6 Å². The van der Waals surface area contributed by atoms with E-state index >= 15 is 0 Å². The molecule has 0 saturated heterocycles. The van der Waals surface area contributed by atoms with Crippen molar-refractivity contribution in [2.24, 2.45) is 0 Å². The third-order valence-corrected chi connectivity index (χ3v) is 7.25. The zero-order chi connectivity index (χ0) is 34.5. The van der Waals surface area contributed by atoms with E-state index in [1.165, 1.54) is 11.9 Å². The van der Waals surface area contributed by atoms with Crippen molar-refractivity contribution in [3.63, 3.8) is 0 Å². The van der Waals surface area contributed by atoms with Crippen molar-refractivity contribution in [1.82, 2.24) is 19.8 Å². The van der Waals surface area contributed by atoms with Crippen LogP contribution in [-0.2, 0) is 34.0 Å². The molecule has 2 amide bonds. The number of esters is 1. The first kappa shape index (κ1) is 34.7. The van der Waals surface area contributed by atoms with E-state index in [1.807, 2.05) is 38.1 Å². The van der Waals surface area contributed by atoms with Crippen molar-refractivity contribution in [3.05, 3.63) is 88.6 Å². The summed E-state index contributed by atoms with van der Waals surface area (Å²) < 4.78 is 39.5. The monoisotopic (exact) mass is 647 g/mol. The van der Waals surface area contributed by atoms with Gasteiger partial charge in [0.1, 0.15) is 17.9 Å². The van der Waals surface area contributed by atoms with E-state index in [9.17, 15) is 23.2 Å². The average Bonchev–Trinajstić information content (AvgIpc) is 3.47. The highest BCUT2D eigenvalue weighted by Gasteiger charge is 2.27. The van der Waals surface area contributed by atoms with E-state index in [1.54, 1.807) is 43.9 Å². The Balaban J connectivity index is 0.00000245. The van der Waals surface area contributed by atoms with E-state index in [2.05, 4.69) is 9.97 Å². The van der Waals surface area contributed by atoms with Gasteiger partial charge in [-0.15, -0.1) is 0 Å². The molecule has 2 N–H and O–H groups in total. The van der Waals surface area contributed by atoms with E-state index in [0.717, 1.165) is 23.3 Å². The molecule has 0 fully saturated rings. The Hall–Kier alpha value is -5.13. The summed E-state index contributed by atoms with van der Waals surface area (Å²) in [5.41, 5.74) is 8.68. The van der Waals surface area contributed by atoms with Crippen LogP contribution in [0.2, 0.25) is 0 Å². The molecule has 0 bridgehead atoms. The van der Waals surface area contributed by atoms with E-state index in [4.69, 9.17) is 15.2 Å². The lowest BCUT2D eigenvalue weighted by Gasteiger charge is -2.24. The Bertz CT molecular complexity index is 1780. The average molecular weight is 648 g/mol. The molecule has 0 spiro atoms. The van der Waals surface area contributed by atoms with Gasteiger partial charge in [-0.05, 0) is 67.3 Å². The predicted octanol–water partition coefficient (Wildman–Crippen LogP) is 6.64. The van der Waals surface area contributed by atoms with Crippen LogP contribution in [0.15, 0.2) is 54.6 Å². The molecule has 0 saturated carbocycles. The number of fused-ring (bicyclic) bond motifs is 2. The summed E-state index contributed by atoms with van der Waals surface area (Å²) in [7, 11) is 1.49. The van der Waals surface area contributed by atoms with Crippen LogP contribution in [0.25, 0.3) is 22.0 Å². The summed E-state index contributed by atoms with van der Waals surface area (Å²) >= 11 is 0. The molecule has 3 aromatic carbocycles. The Morgan fingerprint density at radius 1 is 0.957 bits per heavy atom. The predicted molar refractivity (Wildman–Crippen MR) is 174 cm³/mol. The minimum absolute atomic E-state index is 0.0328. The van der Waals surface area contributed by atoms with Crippen LogP contribution < -0.4 is 5.73 Å². The summed E-state index contributed by atoms with van der Waals surface area (Å²) in [6.07, 6.45) is -0.734. The summed E-state index contributed by atoms with van der Waals surface area (Å²) in [4.78, 5) is 49.8. The molecular formula is C35H39F2N5O5. The number of nitrogen functional groups attached to an aromatic ring is 1. The molecule has 12 heteroatoms. The van der Waals surface area contributed by atoms with Crippen LogP contribution in [0.5, 0.6) is 0 Å². The van der Waals surface area contributed by atoms with Crippen molar-refractivity contribution in [2.75, 3.05) is 19.3 Å². The van der Waals surface area contributed by atoms with E-state index in [0.29, 0.717) is 29.6 Å². The third-order valence-electron chi connectivity index (χ3n) is 7.25. The molecule has 2 heterocycles. The number of nitrogens with two attached hydrogens (primary N) is 1. The first-order valence-corrected chi connectivity index (χ1v) is 15.3. The quantitative estimate of drug-likeness (QED) is 0.221. The lowest BCUT2D eigenvalue weighted by atomic mass is 9.97. The number of halogens is 2. The number of hydrogen-bond donors (Lipinski definition) is 1. The molecule has 0 atom stereocenters. The third kappa shape index (κ3) is 8.37. The SMILES string of the molecule is CC.CN(CCC(=O)OCc1cc(F)c(F)cc1-c1ccc2nc(N)nc(C(=O)N3Cc4ccccc4C3)c2c1)C(=O)OC(C)(C)C. The highest BCUT2D eigenvalue weighted by molar-refractivity contribution is 6.06. The van der Waals surface area contributed by atoms with Gasteiger partial charge in [0.2, 0.25) is 5.95 Å². The maximum atomic E-state index is 14.5. The van der Waals surface area contributed by atoms with Gasteiger partial charge >= 0.3 is 12.1 Å². The Kier molecular flexibility index (Phi) is 10.7. The van der Waals surface area contributed by atoms with Gasteiger partial charge in [-0.3, -0.25) is 9.59 Å². The fourth-order valence-corrected chi connectivity index (χ4v) is 5.00. The molecule has 4 aromatic rings. The molecule has 10 nitrogen and oxygen atoms in total. The van der Waals surface area contributed by atoms with Crippen molar-refractivity contribution in [3.8, 4) is 11.1 Å². The van der Waals surface area contributed by atoms with Crippen molar-refractivity contribution in [1.29, 1.82) is 0 Å². The summed E-state index contributed by atoms with van der Waals surface area (Å²) in [6, 6.07) is 14.6. The van der Waals surface area contributed by atoms with Crippen LogP contribution in [-0.4, -0.2) is 56.9 Å². The zero-order valence-corrected chi connectivity index (χ0v) is 27.4. The minimum Gasteiger partial charge on any atom is -0.461 e. The van der Waals surface area contributed by atoms with Crippen LogP contribution in [0.3, 0.4) is 0 Å². The summed E-state index contributed by atoms with van der Waals surface area (Å²) in [5.74, 6) is -3.29. The first-order valence-electron chi connectivity index (χ1n) is 15.3. The fourth-order valence-electron chi connectivity index (χ4n) is 5.00. The second-order valence-electron chi connectivity index (χ2n) is 11.8. The van der Waals surface area contributed by atoms with Gasteiger partial charge in [-0.1, -0.05) is 44.2 Å². The fraction of sp³-hybridized carbons (Fsp3) is 0.343. The number of amides is 2. The normalized spacial score (nSPS) is 12.2. The number of anilines is 1. The zero-order valence-electron chi connectivity index (χ0n) is 27.4. The maximum Gasteiger partial charge on any atom is 0.410 e. The van der Waals surface area contributed by atoms with E-state index < -0.39 is 29.3 Å². The molecule has 1 aliphatic heterocycles. The molecule has 248 valence electrons. The molecule has 0 unspecified atom stereocenters. The van der Waals surface area contributed by atoms with Crippen molar-refractivity contribution < 1.29 is 32.6 Å². The van der Waals surface area contributed by atoms with Crippen LogP contribution >= 0.6 is 0 Å². The van der Waals surface area contributed by atoms with Crippen molar-refractivity contribution in [2.45, 2.75) is 66.3 Å². The smallest absolute Gasteiger partial charge is 0.410 e. The minimum atomic E-state index is -1.11. The standard InChI is InChI=1S/C33H33F2N5O5.C2H6/c1-33(2,3)45-32(43)39(4)12-11-28(41)44-18-22-14-25(34)26(35)15-23(22)19-9-10-27-24(13-19)29(38-31(36)37-27)30(42)40-16-20-7-5-6-8-21(20)17-40;1-2/h5-10,13-15H,11-12,16-18H2,1-4H3,(H2,36,37,38);1-2H3. The number of carbonyl (C=O) groups is 3. The molecular weight excluding hydrogens is 608 g/mol. The van der Waals surface area contributed by atoms with Gasteiger partial charge in [-0.25, -0.2) is 23.5 Å². The topological polar surface area (TPSA) is 128 Å². The summed E-state index contributed by atoms with van der Waals surface area (Å²) in [5, 5.41) is 0.375. The van der Waals surface area contributed by atoms with Gasteiger partial charge in [0.25, 0.3) is 5.91 Å². The Morgan fingerprint density at radius 2 is 1.60 bits per heavy atom. The second-order valence-corrected chi connectivity index (χ2v) is 11.8. The van der Waals surface area contributed by atoms with E-state index in [-0.39, 0.29) is 48.2 Å². The lowest BCUT2D eigenvalue weighted by Crippen LogP contribution is -2.35. The number of nitrogens with zero attached hydrogens (tertiary/aromatic N) is 4.